The molecule has 0 radical (unpaired) electrons. The highest BCUT2D eigenvalue weighted by atomic mass is 16.6. The third-order valence-electron chi connectivity index (χ3n) is 1.61. The van der Waals surface area contributed by atoms with Gasteiger partial charge in [0.05, 0.1) is 13.2 Å². The summed E-state index contributed by atoms with van der Waals surface area (Å²) in [6, 6.07) is -1.13. The minimum atomic E-state index is -1.13. The number of methoxy groups -OCH3 is 1. The first-order chi connectivity index (χ1) is 7.17. The topological polar surface area (TPSA) is 84.9 Å². The number of ether oxygens (including phenoxy) is 2. The van der Waals surface area contributed by atoms with Crippen LogP contribution < -0.4 is 5.32 Å². The number of hydrogen-bond donors (Lipinski definition) is 2. The summed E-state index contributed by atoms with van der Waals surface area (Å²) in [6.07, 6.45) is -1.83. The minimum absolute atomic E-state index is 0.663. The lowest BCUT2D eigenvalue weighted by atomic mass is 10.2. The van der Waals surface area contributed by atoms with E-state index < -0.39 is 29.8 Å². The highest BCUT2D eigenvalue weighted by Gasteiger charge is 2.28. The molecular formula is C10H19NO5. The van der Waals surface area contributed by atoms with Crippen molar-refractivity contribution in [2.75, 3.05) is 7.11 Å². The maximum Gasteiger partial charge on any atom is 0.408 e. The predicted octanol–water partition coefficient (Wildman–Crippen LogP) is 0.433. The highest BCUT2D eigenvalue weighted by molar-refractivity contribution is 5.81. The maximum absolute atomic E-state index is 11.3. The highest BCUT2D eigenvalue weighted by Crippen LogP contribution is 2.07. The summed E-state index contributed by atoms with van der Waals surface area (Å²) in [5, 5.41) is 11.5. The van der Waals surface area contributed by atoms with E-state index in [1.807, 2.05) is 0 Å². The lowest BCUT2D eigenvalue weighted by Crippen LogP contribution is -2.49. The summed E-state index contributed by atoms with van der Waals surface area (Å²) < 4.78 is 9.38. The van der Waals surface area contributed by atoms with Crippen molar-refractivity contribution in [3.63, 3.8) is 0 Å². The Kier molecular flexibility index (Phi) is 5.23. The number of carbonyl (C=O) groups is 2. The molecule has 0 aromatic rings. The summed E-state index contributed by atoms with van der Waals surface area (Å²) in [5.74, 6) is -0.721. The lowest BCUT2D eigenvalue weighted by Gasteiger charge is -2.23. The number of alkyl carbamates (subject to hydrolysis) is 1. The molecule has 0 aliphatic carbocycles. The average Bonchev–Trinajstić information content (AvgIpc) is 2.09. The molecule has 0 rings (SSSR count). The van der Waals surface area contributed by atoms with Gasteiger partial charge in [0.15, 0.2) is 6.04 Å². The first-order valence-corrected chi connectivity index (χ1v) is 4.93. The molecule has 1 amide bonds. The number of hydrogen-bond acceptors (Lipinski definition) is 5. The number of carbonyl (C=O) groups excluding carboxylic acids is 2. The molecule has 0 saturated carbocycles. The molecule has 16 heavy (non-hydrogen) atoms. The Labute approximate surface area is 94.9 Å². The molecule has 0 bridgehead atoms. The molecule has 6 heteroatoms. The fraction of sp³-hybridized carbons (Fsp3) is 0.800. The second-order valence-electron chi connectivity index (χ2n) is 4.39. The molecule has 0 aromatic carbocycles. The largest absolute Gasteiger partial charge is 0.467 e. The number of nitrogens with one attached hydrogen (secondary N) is 1. The third-order valence-corrected chi connectivity index (χ3v) is 1.61. The number of amides is 1. The van der Waals surface area contributed by atoms with Gasteiger partial charge in [-0.15, -0.1) is 0 Å². The Hall–Kier alpha value is -1.30. The van der Waals surface area contributed by atoms with Gasteiger partial charge < -0.3 is 19.9 Å². The van der Waals surface area contributed by atoms with Crippen molar-refractivity contribution < 1.29 is 24.2 Å². The summed E-state index contributed by atoms with van der Waals surface area (Å²) >= 11 is 0. The molecule has 0 aliphatic heterocycles. The normalized spacial score (nSPS) is 14.9. The molecule has 0 saturated heterocycles. The number of aliphatic hydroxyl groups excluding tert-OH is 1. The molecule has 1 unspecified atom stereocenters. The summed E-state index contributed by atoms with van der Waals surface area (Å²) in [4.78, 5) is 22.5. The van der Waals surface area contributed by atoms with Gasteiger partial charge in [-0.25, -0.2) is 9.59 Å². The molecule has 0 fully saturated rings. The van der Waals surface area contributed by atoms with E-state index in [9.17, 15) is 14.7 Å². The van der Waals surface area contributed by atoms with Crippen LogP contribution in [-0.2, 0) is 14.3 Å². The molecule has 2 N–H and O–H groups in total. The van der Waals surface area contributed by atoms with Gasteiger partial charge in [-0.1, -0.05) is 0 Å². The van der Waals surface area contributed by atoms with E-state index in [0.717, 1.165) is 0 Å². The Morgan fingerprint density at radius 2 is 1.81 bits per heavy atom. The van der Waals surface area contributed by atoms with Crippen molar-refractivity contribution in [2.45, 2.75) is 45.4 Å². The van der Waals surface area contributed by atoms with Gasteiger partial charge in [-0.2, -0.15) is 0 Å². The molecule has 6 nitrogen and oxygen atoms in total. The standard InChI is InChI=1S/C10H19NO5/c1-6(12)7(8(13)15-5)11-9(14)16-10(2,3)4/h6-7,12H,1-5H3,(H,11,14)/t6?,7-/m0/s1. The molecular weight excluding hydrogens is 214 g/mol. The van der Waals surface area contributed by atoms with Crippen LogP contribution in [0.1, 0.15) is 27.7 Å². The Morgan fingerprint density at radius 1 is 1.31 bits per heavy atom. The number of aliphatic hydroxyl groups is 1. The van der Waals surface area contributed by atoms with Crippen molar-refractivity contribution in [1.29, 1.82) is 0 Å². The van der Waals surface area contributed by atoms with Crippen LogP contribution in [0, 0.1) is 0 Å². The van der Waals surface area contributed by atoms with Crippen molar-refractivity contribution in [2.24, 2.45) is 0 Å². The van der Waals surface area contributed by atoms with Crippen molar-refractivity contribution in [1.82, 2.24) is 5.32 Å². The Balaban J connectivity index is 4.42. The molecule has 0 aliphatic rings. The monoisotopic (exact) mass is 233 g/mol. The van der Waals surface area contributed by atoms with Crippen molar-refractivity contribution in [3.05, 3.63) is 0 Å². The first kappa shape index (κ1) is 14.7. The maximum atomic E-state index is 11.3. The summed E-state index contributed by atoms with van der Waals surface area (Å²) in [7, 11) is 1.18. The zero-order valence-electron chi connectivity index (χ0n) is 10.2. The zero-order valence-corrected chi connectivity index (χ0v) is 10.2. The Bertz CT molecular complexity index is 256. The van der Waals surface area contributed by atoms with Gasteiger partial charge in [0.2, 0.25) is 0 Å². The molecule has 0 aromatic heterocycles. The Morgan fingerprint density at radius 3 is 2.12 bits per heavy atom. The smallest absolute Gasteiger partial charge is 0.408 e. The van der Waals surface area contributed by atoms with E-state index in [-0.39, 0.29) is 0 Å². The van der Waals surface area contributed by atoms with Gasteiger partial charge in [0.25, 0.3) is 0 Å². The van der Waals surface area contributed by atoms with E-state index in [2.05, 4.69) is 10.1 Å². The van der Waals surface area contributed by atoms with Crippen LogP contribution in [-0.4, -0.2) is 42.0 Å². The lowest BCUT2D eigenvalue weighted by molar-refractivity contribution is -0.145. The first-order valence-electron chi connectivity index (χ1n) is 4.93. The zero-order chi connectivity index (χ0) is 12.9. The van der Waals surface area contributed by atoms with Crippen molar-refractivity contribution >= 4 is 12.1 Å². The van der Waals surface area contributed by atoms with Crippen LogP contribution in [0.5, 0.6) is 0 Å². The summed E-state index contributed by atoms with van der Waals surface area (Å²) in [5.41, 5.74) is -0.663. The van der Waals surface area contributed by atoms with E-state index in [1.54, 1.807) is 20.8 Å². The molecule has 0 heterocycles. The van der Waals surface area contributed by atoms with Crippen LogP contribution in [0.2, 0.25) is 0 Å². The fourth-order valence-corrected chi connectivity index (χ4v) is 0.938. The molecule has 2 atom stereocenters. The van der Waals surface area contributed by atoms with Crippen LogP contribution in [0.25, 0.3) is 0 Å². The quantitative estimate of drug-likeness (QED) is 0.691. The SMILES string of the molecule is COC(=O)[C@@H](NC(=O)OC(C)(C)C)C(C)O. The fourth-order valence-electron chi connectivity index (χ4n) is 0.938. The number of esters is 1. The third kappa shape index (κ3) is 5.55. The van der Waals surface area contributed by atoms with Gasteiger partial charge in [0, 0.05) is 0 Å². The second kappa shape index (κ2) is 5.69. The predicted molar refractivity (Wildman–Crippen MR) is 56.9 cm³/mol. The average molecular weight is 233 g/mol. The van der Waals surface area contributed by atoms with Gasteiger partial charge in [-0.05, 0) is 27.7 Å². The van der Waals surface area contributed by atoms with Gasteiger partial charge >= 0.3 is 12.1 Å². The van der Waals surface area contributed by atoms with Crippen LogP contribution in [0.4, 0.5) is 4.79 Å². The van der Waals surface area contributed by atoms with E-state index in [0.29, 0.717) is 0 Å². The molecule has 0 spiro atoms. The second-order valence-corrected chi connectivity index (χ2v) is 4.39. The van der Waals surface area contributed by atoms with E-state index in [4.69, 9.17) is 4.74 Å². The summed E-state index contributed by atoms with van der Waals surface area (Å²) in [6.45, 7) is 6.46. The van der Waals surface area contributed by atoms with Crippen molar-refractivity contribution in [3.8, 4) is 0 Å². The van der Waals surface area contributed by atoms with Crippen LogP contribution in [0.3, 0.4) is 0 Å². The van der Waals surface area contributed by atoms with E-state index >= 15 is 0 Å². The van der Waals surface area contributed by atoms with Crippen LogP contribution in [0.15, 0.2) is 0 Å². The molecule has 94 valence electrons. The van der Waals surface area contributed by atoms with E-state index in [1.165, 1.54) is 14.0 Å². The van der Waals surface area contributed by atoms with Gasteiger partial charge in [0.1, 0.15) is 5.60 Å². The minimum Gasteiger partial charge on any atom is -0.467 e. The number of rotatable bonds is 3. The van der Waals surface area contributed by atoms with Gasteiger partial charge in [-0.3, -0.25) is 0 Å². The van der Waals surface area contributed by atoms with Crippen LogP contribution >= 0.6 is 0 Å².